The predicted octanol–water partition coefficient (Wildman–Crippen LogP) is 7.31. The maximum Gasteiger partial charge on any atom is 0.337 e. The number of aromatic nitrogens is 1. The first-order valence-corrected chi connectivity index (χ1v) is 19.6. The Kier molecular flexibility index (Phi) is 11.2. The van der Waals surface area contributed by atoms with Gasteiger partial charge in [0.25, 0.3) is 21.8 Å². The number of carbonyl (C=O) groups excluding carboxylic acids is 2. The van der Waals surface area contributed by atoms with Gasteiger partial charge in [-0.05, 0) is 124 Å². The molecular formula is C40H38N4O8S2. The van der Waals surface area contributed by atoms with Crippen molar-refractivity contribution in [2.45, 2.75) is 63.3 Å². The molecule has 0 unspecified atom stereocenters. The molecule has 5 aromatic rings. The van der Waals surface area contributed by atoms with Crippen molar-refractivity contribution >= 4 is 61.6 Å². The average molecular weight is 767 g/mol. The number of nitrogens with zero attached hydrogens (tertiary/aromatic N) is 2. The number of thiophene rings is 1. The molecule has 54 heavy (non-hydrogen) atoms. The second-order valence-corrected chi connectivity index (χ2v) is 16.1. The number of anilines is 3. The van der Waals surface area contributed by atoms with Gasteiger partial charge in [0, 0.05) is 28.4 Å². The summed E-state index contributed by atoms with van der Waals surface area (Å²) in [5, 5.41) is 24.6. The molecule has 0 fully saturated rings. The van der Waals surface area contributed by atoms with Crippen molar-refractivity contribution in [2.24, 2.45) is 0 Å². The van der Waals surface area contributed by atoms with Gasteiger partial charge < -0.3 is 20.8 Å². The van der Waals surface area contributed by atoms with E-state index in [1.165, 1.54) is 47.7 Å². The molecular weight excluding hydrogens is 729 g/mol. The number of sulfonamides is 1. The zero-order chi connectivity index (χ0) is 38.6. The van der Waals surface area contributed by atoms with E-state index in [1.807, 2.05) is 24.3 Å². The lowest BCUT2D eigenvalue weighted by Crippen LogP contribution is -2.37. The molecule has 12 nitrogen and oxygen atoms in total. The van der Waals surface area contributed by atoms with Crippen LogP contribution in [0.4, 0.5) is 16.5 Å². The molecule has 0 atom stereocenters. The Morgan fingerprint density at radius 3 is 2.02 bits per heavy atom. The van der Waals surface area contributed by atoms with Gasteiger partial charge in [-0.2, -0.15) is 0 Å². The Morgan fingerprint density at radius 1 is 0.778 bits per heavy atom. The summed E-state index contributed by atoms with van der Waals surface area (Å²) in [6.07, 6.45) is 5.88. The Hall–Kier alpha value is -5.86. The lowest BCUT2D eigenvalue weighted by molar-refractivity contribution is 0.0686. The fraction of sp³-hybridized carbons (Fsp3) is 0.225. The molecule has 0 radical (unpaired) electrons. The Balaban J connectivity index is 1.18. The van der Waals surface area contributed by atoms with Gasteiger partial charge in [0.2, 0.25) is 0 Å². The SMILES string of the molecule is CC(C)N(c1ccc(C(=O)O)cn1)S(=O)(=O)c1cccc(C(=O)Nc2sc3c(c2C(=O)Nc2ccc(CCc4ccc(C(=O)O)cc4)cc2)CCCC3)c1. The Morgan fingerprint density at radius 2 is 1.41 bits per heavy atom. The van der Waals surface area contributed by atoms with Crippen molar-refractivity contribution < 1.29 is 37.8 Å². The molecule has 0 aliphatic heterocycles. The highest BCUT2D eigenvalue weighted by molar-refractivity contribution is 7.92. The highest BCUT2D eigenvalue weighted by atomic mass is 32.2. The van der Waals surface area contributed by atoms with Crippen LogP contribution >= 0.6 is 11.3 Å². The molecule has 2 amide bonds. The van der Waals surface area contributed by atoms with Gasteiger partial charge in [-0.15, -0.1) is 11.3 Å². The highest BCUT2D eigenvalue weighted by Crippen LogP contribution is 2.39. The molecule has 4 N–H and O–H groups in total. The number of nitrogens with one attached hydrogen (secondary N) is 2. The molecule has 2 aromatic heterocycles. The number of benzene rings is 3. The van der Waals surface area contributed by atoms with Crippen LogP contribution in [0.1, 0.15) is 89.7 Å². The van der Waals surface area contributed by atoms with Gasteiger partial charge in [0.1, 0.15) is 10.8 Å². The number of aromatic carboxylic acids is 2. The number of fused-ring (bicyclic) bond motifs is 1. The number of rotatable bonds is 13. The van der Waals surface area contributed by atoms with E-state index in [4.69, 9.17) is 5.11 Å². The van der Waals surface area contributed by atoms with Crippen LogP contribution < -0.4 is 14.9 Å². The molecule has 6 rings (SSSR count). The van der Waals surface area contributed by atoms with Crippen molar-refractivity contribution in [3.05, 3.63) is 135 Å². The third-order valence-electron chi connectivity index (χ3n) is 9.08. The van der Waals surface area contributed by atoms with Crippen LogP contribution in [-0.4, -0.2) is 53.4 Å². The van der Waals surface area contributed by atoms with Gasteiger partial charge in [0.05, 0.1) is 21.6 Å². The fourth-order valence-electron chi connectivity index (χ4n) is 6.34. The maximum atomic E-state index is 13.9. The fourth-order valence-corrected chi connectivity index (χ4v) is 9.28. The van der Waals surface area contributed by atoms with Crippen LogP contribution in [0.3, 0.4) is 0 Å². The Labute approximate surface area is 316 Å². The molecule has 14 heteroatoms. The van der Waals surface area contributed by atoms with E-state index in [9.17, 15) is 32.7 Å². The zero-order valence-electron chi connectivity index (χ0n) is 29.5. The van der Waals surface area contributed by atoms with Gasteiger partial charge in [0.15, 0.2) is 0 Å². The van der Waals surface area contributed by atoms with E-state index < -0.39 is 33.9 Å². The van der Waals surface area contributed by atoms with E-state index in [0.717, 1.165) is 64.2 Å². The first-order chi connectivity index (χ1) is 25.8. The van der Waals surface area contributed by atoms with E-state index in [2.05, 4.69) is 15.6 Å². The summed E-state index contributed by atoms with van der Waals surface area (Å²) < 4.78 is 28.9. The van der Waals surface area contributed by atoms with Crippen LogP contribution in [-0.2, 0) is 35.7 Å². The summed E-state index contributed by atoms with van der Waals surface area (Å²) in [4.78, 5) is 55.0. The first kappa shape index (κ1) is 37.9. The van der Waals surface area contributed by atoms with E-state index >= 15 is 0 Å². The highest BCUT2D eigenvalue weighted by Gasteiger charge is 2.30. The number of hydrogen-bond acceptors (Lipinski definition) is 8. The van der Waals surface area contributed by atoms with Gasteiger partial charge in [-0.1, -0.05) is 30.3 Å². The van der Waals surface area contributed by atoms with Gasteiger partial charge in [-0.3, -0.25) is 9.59 Å². The third-order valence-corrected chi connectivity index (χ3v) is 12.3. The quantitative estimate of drug-likeness (QED) is 0.0955. The average Bonchev–Trinajstić information content (AvgIpc) is 3.52. The number of carboxylic acids is 2. The molecule has 0 saturated carbocycles. The minimum absolute atomic E-state index is 0.0316. The lowest BCUT2D eigenvalue weighted by atomic mass is 9.95. The molecule has 1 aliphatic rings. The molecule has 278 valence electrons. The number of aryl methyl sites for hydroxylation is 3. The normalized spacial score (nSPS) is 12.5. The maximum absolute atomic E-state index is 13.9. The second-order valence-electron chi connectivity index (χ2n) is 13.2. The van der Waals surface area contributed by atoms with E-state index in [-0.39, 0.29) is 33.3 Å². The summed E-state index contributed by atoms with van der Waals surface area (Å²) in [6.45, 7) is 3.32. The van der Waals surface area contributed by atoms with Crippen LogP contribution in [0.2, 0.25) is 0 Å². The topological polar surface area (TPSA) is 183 Å². The van der Waals surface area contributed by atoms with Crippen molar-refractivity contribution in [1.29, 1.82) is 0 Å². The van der Waals surface area contributed by atoms with Crippen LogP contribution in [0.25, 0.3) is 0 Å². The third kappa shape index (κ3) is 8.35. The zero-order valence-corrected chi connectivity index (χ0v) is 31.2. The van der Waals surface area contributed by atoms with Crippen molar-refractivity contribution in [3.63, 3.8) is 0 Å². The first-order valence-electron chi connectivity index (χ1n) is 17.3. The van der Waals surface area contributed by atoms with E-state index in [1.54, 1.807) is 38.1 Å². The van der Waals surface area contributed by atoms with Crippen LogP contribution in [0, 0.1) is 0 Å². The van der Waals surface area contributed by atoms with Crippen LogP contribution in [0.5, 0.6) is 0 Å². The number of pyridine rings is 1. The van der Waals surface area contributed by atoms with Crippen molar-refractivity contribution in [3.8, 4) is 0 Å². The van der Waals surface area contributed by atoms with Crippen molar-refractivity contribution in [2.75, 3.05) is 14.9 Å². The summed E-state index contributed by atoms with van der Waals surface area (Å²) in [5.74, 6) is -3.06. The number of amides is 2. The molecule has 0 bridgehead atoms. The predicted molar refractivity (Wildman–Crippen MR) is 207 cm³/mol. The summed E-state index contributed by atoms with van der Waals surface area (Å²) in [7, 11) is -4.24. The summed E-state index contributed by atoms with van der Waals surface area (Å²) in [6, 6.07) is 21.9. The number of hydrogen-bond donors (Lipinski definition) is 4. The van der Waals surface area contributed by atoms with Gasteiger partial charge >= 0.3 is 11.9 Å². The van der Waals surface area contributed by atoms with Gasteiger partial charge in [-0.25, -0.2) is 27.3 Å². The standard InChI is InChI=1S/C40H38N4O8S2/c1-24(2)44(34-21-18-29(23-41-34)40(49)50)54(51,52)31-7-5-6-28(22-31)36(45)43-38-35(32-8-3-4-9-33(32)53-38)37(46)42-30-19-14-26(15-20-30)11-10-25-12-16-27(17-13-25)39(47)48/h5-7,12-24H,3-4,8-11H2,1-2H3,(H,42,46)(H,43,45)(H,47,48)(H,49,50). The molecule has 3 aromatic carbocycles. The van der Waals surface area contributed by atoms with E-state index in [0.29, 0.717) is 22.7 Å². The Bertz CT molecular complexity index is 2320. The van der Waals surface area contributed by atoms with Crippen molar-refractivity contribution in [1.82, 2.24) is 4.98 Å². The largest absolute Gasteiger partial charge is 0.478 e. The minimum atomic E-state index is -4.24. The number of carboxylic acid groups (broad SMARTS) is 2. The molecule has 0 saturated heterocycles. The summed E-state index contributed by atoms with van der Waals surface area (Å²) in [5.41, 5.74) is 4.16. The smallest absolute Gasteiger partial charge is 0.337 e. The minimum Gasteiger partial charge on any atom is -0.478 e. The molecule has 2 heterocycles. The lowest BCUT2D eigenvalue weighted by Gasteiger charge is -2.27. The van der Waals surface area contributed by atoms with Crippen LogP contribution in [0.15, 0.2) is 96.0 Å². The molecule has 1 aliphatic carbocycles. The number of carbonyl (C=O) groups is 4. The monoisotopic (exact) mass is 766 g/mol. The molecule has 0 spiro atoms. The summed E-state index contributed by atoms with van der Waals surface area (Å²) >= 11 is 1.35. The second kappa shape index (κ2) is 16.0.